The van der Waals surface area contributed by atoms with Crippen molar-refractivity contribution in [2.75, 3.05) is 4.90 Å². The van der Waals surface area contributed by atoms with Gasteiger partial charge in [-0.05, 0) is 127 Å². The highest BCUT2D eigenvalue weighted by molar-refractivity contribution is 6.06. The lowest BCUT2D eigenvalue weighted by Crippen LogP contribution is -2.16. The second kappa shape index (κ2) is 14.6. The van der Waals surface area contributed by atoms with Gasteiger partial charge >= 0.3 is 0 Å². The first-order chi connectivity index (χ1) is 31.0. The molecule has 0 saturated heterocycles. The van der Waals surface area contributed by atoms with Crippen molar-refractivity contribution in [2.45, 2.75) is 19.3 Å². The van der Waals surface area contributed by atoms with Crippen molar-refractivity contribution >= 4 is 49.8 Å². The van der Waals surface area contributed by atoms with E-state index in [1.165, 1.54) is 49.7 Å². The maximum atomic E-state index is 6.23. The molecule has 0 aliphatic heterocycles. The van der Waals surface area contributed by atoms with Crippen LogP contribution in [0, 0.1) is 0 Å². The largest absolute Gasteiger partial charge is 0.456 e. The van der Waals surface area contributed by atoms with E-state index in [9.17, 15) is 0 Å². The topological polar surface area (TPSA) is 16.4 Å². The summed E-state index contributed by atoms with van der Waals surface area (Å²) < 4.78 is 6.23. The average Bonchev–Trinajstić information content (AvgIpc) is 3.83. The Morgan fingerprint density at radius 2 is 0.952 bits per heavy atom. The fraction of sp³-hybridized carbons (Fsp3) is 0.0492. The summed E-state index contributed by atoms with van der Waals surface area (Å²) in [6.45, 7) is 4.73. The van der Waals surface area contributed by atoms with Gasteiger partial charge in [0.05, 0.1) is 5.69 Å². The number of hydrogen-bond acceptors (Lipinski definition) is 2. The normalized spacial score (nSPS) is 12.7. The van der Waals surface area contributed by atoms with Crippen molar-refractivity contribution < 1.29 is 4.42 Å². The van der Waals surface area contributed by atoms with E-state index in [4.69, 9.17) is 4.42 Å². The Balaban J connectivity index is 1.05. The van der Waals surface area contributed by atoms with Crippen molar-refractivity contribution in [1.82, 2.24) is 0 Å². The Hall–Kier alpha value is -7.94. The van der Waals surface area contributed by atoms with E-state index < -0.39 is 0 Å². The average molecular weight is 806 g/mol. The van der Waals surface area contributed by atoms with Gasteiger partial charge in [0.2, 0.25) is 0 Å². The van der Waals surface area contributed by atoms with Crippen LogP contribution >= 0.6 is 0 Å². The van der Waals surface area contributed by atoms with Crippen LogP contribution in [0.3, 0.4) is 0 Å². The fourth-order valence-corrected chi connectivity index (χ4v) is 10.2. The smallest absolute Gasteiger partial charge is 0.135 e. The van der Waals surface area contributed by atoms with Crippen molar-refractivity contribution in [2.24, 2.45) is 0 Å². The van der Waals surface area contributed by atoms with E-state index in [-0.39, 0.29) is 5.41 Å². The molecule has 0 radical (unpaired) electrons. The van der Waals surface area contributed by atoms with Gasteiger partial charge < -0.3 is 9.32 Å². The molecule has 0 spiro atoms. The van der Waals surface area contributed by atoms with Gasteiger partial charge in [0, 0.05) is 33.1 Å². The Morgan fingerprint density at radius 1 is 0.349 bits per heavy atom. The second-order valence-corrected chi connectivity index (χ2v) is 17.3. The highest BCUT2D eigenvalue weighted by atomic mass is 16.3. The molecule has 11 aromatic rings. The zero-order valence-electron chi connectivity index (χ0n) is 35.2. The summed E-state index contributed by atoms with van der Waals surface area (Å²) in [6, 6.07) is 81.8. The Bertz CT molecular complexity index is 3540. The lowest BCUT2D eigenvalue weighted by Gasteiger charge is -2.29. The first-order valence-electron chi connectivity index (χ1n) is 21.8. The van der Waals surface area contributed by atoms with Crippen LogP contribution in [0.1, 0.15) is 25.0 Å². The van der Waals surface area contributed by atoms with Gasteiger partial charge in [0.1, 0.15) is 11.2 Å². The molecule has 0 saturated carbocycles. The van der Waals surface area contributed by atoms with Crippen LogP contribution in [0.2, 0.25) is 0 Å². The molecule has 12 rings (SSSR count). The fourth-order valence-electron chi connectivity index (χ4n) is 10.2. The number of nitrogens with zero attached hydrogens (tertiary/aromatic N) is 1. The highest BCUT2D eigenvalue weighted by Crippen LogP contribution is 2.52. The first kappa shape index (κ1) is 36.9. The molecule has 0 bridgehead atoms. The summed E-state index contributed by atoms with van der Waals surface area (Å²) >= 11 is 0. The first-order valence-corrected chi connectivity index (χ1v) is 21.8. The number of anilines is 3. The van der Waals surface area contributed by atoms with Gasteiger partial charge in [0.25, 0.3) is 0 Å². The molecule has 0 atom stereocenters. The minimum absolute atomic E-state index is 0.118. The molecular formula is C61H43NO. The molecule has 1 aromatic heterocycles. The Kier molecular flexibility index (Phi) is 8.55. The van der Waals surface area contributed by atoms with Gasteiger partial charge in [-0.25, -0.2) is 0 Å². The molecule has 298 valence electrons. The van der Waals surface area contributed by atoms with E-state index in [0.29, 0.717) is 0 Å². The molecule has 2 heteroatoms. The lowest BCUT2D eigenvalue weighted by atomic mass is 9.79. The standard InChI is InChI=1S/C61H43NO/c1-61(2)56-24-10-8-20-52(56)54-23-13-22-51(60(54)61)42-28-32-48(33-29-42)62(49-19-12-18-44(37-49)46-31-35-59-55(38-46)53-21-9-11-25-58(53)63-59)57-39-47(30-34-50(57)41-15-4-3-5-16-41)45-27-26-40-14-6-7-17-43(40)36-45/h3-39H,1-2H3. The number of fused-ring (bicyclic) bond motifs is 7. The molecule has 10 aromatic carbocycles. The Labute approximate surface area is 368 Å². The summed E-state index contributed by atoms with van der Waals surface area (Å²) in [5.74, 6) is 0. The van der Waals surface area contributed by atoms with Crippen molar-refractivity contribution in [1.29, 1.82) is 0 Å². The van der Waals surface area contributed by atoms with Crippen molar-refractivity contribution in [3.8, 4) is 55.6 Å². The summed E-state index contributed by atoms with van der Waals surface area (Å²) in [5, 5.41) is 4.71. The molecule has 1 aliphatic carbocycles. The lowest BCUT2D eigenvalue weighted by molar-refractivity contribution is 0.662. The highest BCUT2D eigenvalue weighted by Gasteiger charge is 2.37. The molecule has 0 fully saturated rings. The predicted molar refractivity (Wildman–Crippen MR) is 265 cm³/mol. The molecule has 63 heavy (non-hydrogen) atoms. The van der Waals surface area contributed by atoms with Crippen LogP contribution in [0.25, 0.3) is 88.3 Å². The predicted octanol–water partition coefficient (Wildman–Crippen LogP) is 17.2. The molecule has 2 nitrogen and oxygen atoms in total. The van der Waals surface area contributed by atoms with Gasteiger partial charge in [-0.1, -0.05) is 184 Å². The van der Waals surface area contributed by atoms with E-state index in [2.05, 4.69) is 231 Å². The second-order valence-electron chi connectivity index (χ2n) is 17.3. The monoisotopic (exact) mass is 805 g/mol. The quantitative estimate of drug-likeness (QED) is 0.160. The SMILES string of the molecule is CC1(C)c2ccccc2-c2cccc(-c3ccc(N(c4cccc(-c5ccc6oc7ccccc7c6c5)c4)c4cc(-c5ccc6ccccc6c5)ccc4-c4ccccc4)cc3)c21. The zero-order valence-corrected chi connectivity index (χ0v) is 35.2. The van der Waals surface area contributed by atoms with E-state index >= 15 is 0 Å². The number of rotatable bonds is 7. The molecule has 0 amide bonds. The van der Waals surface area contributed by atoms with Crippen LogP contribution in [0.5, 0.6) is 0 Å². The van der Waals surface area contributed by atoms with Crippen LogP contribution in [-0.4, -0.2) is 0 Å². The summed E-state index contributed by atoms with van der Waals surface area (Å²) in [5.41, 5.74) is 19.8. The van der Waals surface area contributed by atoms with E-state index in [1.54, 1.807) is 0 Å². The minimum Gasteiger partial charge on any atom is -0.456 e. The maximum absolute atomic E-state index is 6.23. The van der Waals surface area contributed by atoms with Gasteiger partial charge in [-0.3, -0.25) is 0 Å². The number of hydrogen-bond donors (Lipinski definition) is 0. The van der Waals surface area contributed by atoms with Crippen LogP contribution in [0.4, 0.5) is 17.1 Å². The molecule has 1 aliphatic rings. The molecule has 0 N–H and O–H groups in total. The van der Waals surface area contributed by atoms with E-state index in [1.807, 2.05) is 12.1 Å². The zero-order chi connectivity index (χ0) is 42.1. The van der Waals surface area contributed by atoms with Crippen molar-refractivity contribution in [3.05, 3.63) is 236 Å². The third-order valence-electron chi connectivity index (χ3n) is 13.2. The number of para-hydroxylation sites is 1. The van der Waals surface area contributed by atoms with Crippen LogP contribution in [0.15, 0.2) is 229 Å². The maximum Gasteiger partial charge on any atom is 0.135 e. The van der Waals surface area contributed by atoms with Crippen LogP contribution < -0.4 is 4.90 Å². The van der Waals surface area contributed by atoms with Crippen LogP contribution in [-0.2, 0) is 5.41 Å². The summed E-state index contributed by atoms with van der Waals surface area (Å²) in [7, 11) is 0. The third-order valence-corrected chi connectivity index (χ3v) is 13.2. The summed E-state index contributed by atoms with van der Waals surface area (Å²) in [6.07, 6.45) is 0. The molecule has 0 unspecified atom stereocenters. The number of furan rings is 1. The number of benzene rings is 10. The molecular weight excluding hydrogens is 763 g/mol. The summed E-state index contributed by atoms with van der Waals surface area (Å²) in [4.78, 5) is 2.45. The molecule has 1 heterocycles. The Morgan fingerprint density at radius 3 is 1.84 bits per heavy atom. The minimum atomic E-state index is -0.118. The van der Waals surface area contributed by atoms with Gasteiger partial charge in [0.15, 0.2) is 0 Å². The van der Waals surface area contributed by atoms with Gasteiger partial charge in [-0.2, -0.15) is 0 Å². The van der Waals surface area contributed by atoms with Gasteiger partial charge in [-0.15, -0.1) is 0 Å². The van der Waals surface area contributed by atoms with E-state index in [0.717, 1.165) is 66.8 Å². The van der Waals surface area contributed by atoms with Crippen molar-refractivity contribution in [3.63, 3.8) is 0 Å². The third kappa shape index (κ3) is 6.17.